The van der Waals surface area contributed by atoms with E-state index in [0.29, 0.717) is 6.04 Å². The molecule has 0 saturated heterocycles. The van der Waals surface area contributed by atoms with Crippen LogP contribution in [-0.2, 0) is 4.74 Å². The van der Waals surface area contributed by atoms with Gasteiger partial charge in [-0.3, -0.25) is 0 Å². The lowest BCUT2D eigenvalue weighted by Gasteiger charge is -2.39. The number of methoxy groups -OCH3 is 1. The van der Waals surface area contributed by atoms with E-state index in [1.54, 1.807) is 7.11 Å². The molecule has 6 atom stereocenters. The molecule has 3 fully saturated rings. The number of aliphatic hydroxyl groups excluding tert-OH is 1. The maximum atomic E-state index is 9.98. The molecule has 0 aromatic rings. The second kappa shape index (κ2) is 3.19. The third-order valence-electron chi connectivity index (χ3n) is 5.36. The van der Waals surface area contributed by atoms with Crippen LogP contribution in [0, 0.1) is 17.3 Å². The van der Waals surface area contributed by atoms with Crippen LogP contribution in [0.25, 0.3) is 0 Å². The van der Waals surface area contributed by atoms with E-state index in [4.69, 9.17) is 10.5 Å². The number of ether oxygens (including phenoxy) is 1. The fourth-order valence-corrected chi connectivity index (χ4v) is 4.57. The van der Waals surface area contributed by atoms with Gasteiger partial charge < -0.3 is 15.6 Å². The number of aliphatic hydroxyl groups is 1. The molecule has 0 aromatic carbocycles. The van der Waals surface area contributed by atoms with Crippen molar-refractivity contribution < 1.29 is 9.84 Å². The highest BCUT2D eigenvalue weighted by molar-refractivity contribution is 5.13. The molecule has 0 aliphatic heterocycles. The minimum Gasteiger partial charge on any atom is -0.390 e. The molecule has 3 saturated carbocycles. The van der Waals surface area contributed by atoms with Crippen molar-refractivity contribution in [2.45, 2.75) is 50.4 Å². The van der Waals surface area contributed by atoms with Crippen molar-refractivity contribution in [3.63, 3.8) is 0 Å². The molecule has 2 bridgehead atoms. The summed E-state index contributed by atoms with van der Waals surface area (Å²) in [5, 5.41) is 9.98. The summed E-state index contributed by atoms with van der Waals surface area (Å²) in [6.07, 6.45) is 5.50. The maximum Gasteiger partial charge on any atom is 0.0836 e. The SMILES string of the molecule is COC1C[C@@]2(C[C@@H]1O)C1CCC(C1)C2N. The van der Waals surface area contributed by atoms with Gasteiger partial charge in [0.2, 0.25) is 0 Å². The smallest absolute Gasteiger partial charge is 0.0836 e. The number of fused-ring (bicyclic) bond motifs is 3. The molecule has 3 rings (SSSR count). The molecule has 3 aliphatic carbocycles. The molecule has 3 nitrogen and oxygen atoms in total. The molecule has 3 N–H and O–H groups in total. The van der Waals surface area contributed by atoms with Gasteiger partial charge in [-0.2, -0.15) is 0 Å². The fourth-order valence-electron chi connectivity index (χ4n) is 4.57. The summed E-state index contributed by atoms with van der Waals surface area (Å²) in [4.78, 5) is 0. The van der Waals surface area contributed by atoms with Gasteiger partial charge in [-0.05, 0) is 49.4 Å². The summed E-state index contributed by atoms with van der Waals surface area (Å²) >= 11 is 0. The first kappa shape index (κ1) is 10.1. The van der Waals surface area contributed by atoms with Crippen molar-refractivity contribution in [3.8, 4) is 0 Å². The Hall–Kier alpha value is -0.120. The summed E-state index contributed by atoms with van der Waals surface area (Å²) < 4.78 is 5.36. The molecule has 0 heterocycles. The molecule has 86 valence electrons. The Morgan fingerprint density at radius 1 is 1.33 bits per heavy atom. The molecule has 1 spiro atoms. The highest BCUT2D eigenvalue weighted by Crippen LogP contribution is 2.62. The van der Waals surface area contributed by atoms with Crippen molar-refractivity contribution in [3.05, 3.63) is 0 Å². The van der Waals surface area contributed by atoms with Crippen molar-refractivity contribution in [2.24, 2.45) is 23.0 Å². The first-order chi connectivity index (χ1) is 7.17. The third kappa shape index (κ3) is 1.17. The lowest BCUT2D eigenvalue weighted by molar-refractivity contribution is 0.00927. The summed E-state index contributed by atoms with van der Waals surface area (Å²) in [6.45, 7) is 0. The van der Waals surface area contributed by atoms with E-state index in [1.165, 1.54) is 19.3 Å². The van der Waals surface area contributed by atoms with E-state index < -0.39 is 0 Å². The van der Waals surface area contributed by atoms with E-state index in [9.17, 15) is 5.11 Å². The van der Waals surface area contributed by atoms with Crippen LogP contribution < -0.4 is 5.73 Å². The second-order valence-corrected chi connectivity index (χ2v) is 5.78. The van der Waals surface area contributed by atoms with Crippen molar-refractivity contribution in [2.75, 3.05) is 7.11 Å². The van der Waals surface area contributed by atoms with Crippen LogP contribution in [0.5, 0.6) is 0 Å². The maximum absolute atomic E-state index is 9.98. The van der Waals surface area contributed by atoms with Gasteiger partial charge in [0.25, 0.3) is 0 Å². The minimum atomic E-state index is -0.291. The largest absolute Gasteiger partial charge is 0.390 e. The molecule has 4 unspecified atom stereocenters. The summed E-state index contributed by atoms with van der Waals surface area (Å²) in [5.41, 5.74) is 6.58. The summed E-state index contributed by atoms with van der Waals surface area (Å²) in [7, 11) is 1.70. The second-order valence-electron chi connectivity index (χ2n) is 5.78. The quantitative estimate of drug-likeness (QED) is 0.677. The van der Waals surface area contributed by atoms with Gasteiger partial charge in [-0.25, -0.2) is 0 Å². The predicted octanol–water partition coefficient (Wildman–Crippen LogP) is 0.900. The van der Waals surface area contributed by atoms with E-state index in [0.717, 1.165) is 24.7 Å². The average Bonchev–Trinajstić information content (AvgIpc) is 2.85. The zero-order valence-corrected chi connectivity index (χ0v) is 9.36. The van der Waals surface area contributed by atoms with Crippen LogP contribution in [0.3, 0.4) is 0 Å². The topological polar surface area (TPSA) is 55.5 Å². The van der Waals surface area contributed by atoms with Gasteiger partial charge in [0, 0.05) is 13.2 Å². The first-order valence-corrected chi connectivity index (χ1v) is 6.14. The third-order valence-corrected chi connectivity index (χ3v) is 5.36. The predicted molar refractivity (Wildman–Crippen MR) is 57.3 cm³/mol. The number of hydrogen-bond donors (Lipinski definition) is 2. The van der Waals surface area contributed by atoms with Gasteiger partial charge in [0.15, 0.2) is 0 Å². The van der Waals surface area contributed by atoms with Gasteiger partial charge >= 0.3 is 0 Å². The molecule has 15 heavy (non-hydrogen) atoms. The van der Waals surface area contributed by atoms with Crippen LogP contribution in [0.15, 0.2) is 0 Å². The number of nitrogens with two attached hydrogens (primary N) is 1. The minimum absolute atomic E-state index is 0.0235. The number of hydrogen-bond acceptors (Lipinski definition) is 3. The van der Waals surface area contributed by atoms with Crippen molar-refractivity contribution >= 4 is 0 Å². The Morgan fingerprint density at radius 2 is 2.13 bits per heavy atom. The molecule has 3 aliphatic rings. The molecule has 0 amide bonds. The van der Waals surface area contributed by atoms with E-state index in [2.05, 4.69) is 0 Å². The average molecular weight is 211 g/mol. The molecule has 0 aromatic heterocycles. The Balaban J connectivity index is 1.86. The first-order valence-electron chi connectivity index (χ1n) is 6.14. The molecular weight excluding hydrogens is 190 g/mol. The monoisotopic (exact) mass is 211 g/mol. The van der Waals surface area contributed by atoms with Gasteiger partial charge in [-0.1, -0.05) is 0 Å². The summed E-state index contributed by atoms with van der Waals surface area (Å²) in [6, 6.07) is 0.311. The van der Waals surface area contributed by atoms with E-state index in [-0.39, 0.29) is 17.6 Å². The normalized spacial score (nSPS) is 58.2. The Bertz CT molecular complexity index is 266. The van der Waals surface area contributed by atoms with E-state index >= 15 is 0 Å². The lowest BCUT2D eigenvalue weighted by Crippen LogP contribution is -2.45. The highest BCUT2D eigenvalue weighted by atomic mass is 16.5. The van der Waals surface area contributed by atoms with Crippen molar-refractivity contribution in [1.29, 1.82) is 0 Å². The Kier molecular flexibility index (Phi) is 2.14. The standard InChI is InChI=1S/C12H21NO2/c1-15-10-6-12(5-9(10)14)8-3-2-7(4-8)11(12)13/h7-11,14H,2-6,13H2,1H3/t7?,8?,9-,10?,11?,12-/m0/s1. The Labute approximate surface area is 91.0 Å². The van der Waals surface area contributed by atoms with Crippen LogP contribution in [0.1, 0.15) is 32.1 Å². The van der Waals surface area contributed by atoms with Gasteiger partial charge in [0.1, 0.15) is 0 Å². The van der Waals surface area contributed by atoms with Crippen LogP contribution in [0.4, 0.5) is 0 Å². The highest BCUT2D eigenvalue weighted by Gasteiger charge is 2.61. The Morgan fingerprint density at radius 3 is 2.67 bits per heavy atom. The van der Waals surface area contributed by atoms with Gasteiger partial charge in [0.05, 0.1) is 12.2 Å². The van der Waals surface area contributed by atoms with Crippen LogP contribution in [0.2, 0.25) is 0 Å². The lowest BCUT2D eigenvalue weighted by atomic mass is 9.69. The van der Waals surface area contributed by atoms with Gasteiger partial charge in [-0.15, -0.1) is 0 Å². The molecule has 0 radical (unpaired) electrons. The van der Waals surface area contributed by atoms with Crippen LogP contribution in [-0.4, -0.2) is 30.5 Å². The zero-order chi connectivity index (χ0) is 10.6. The molecule has 3 heteroatoms. The fraction of sp³-hybridized carbons (Fsp3) is 1.00. The van der Waals surface area contributed by atoms with E-state index in [1.807, 2.05) is 0 Å². The van der Waals surface area contributed by atoms with Crippen molar-refractivity contribution in [1.82, 2.24) is 0 Å². The van der Waals surface area contributed by atoms with Crippen LogP contribution >= 0.6 is 0 Å². The summed E-state index contributed by atoms with van der Waals surface area (Å²) in [5.74, 6) is 1.48. The zero-order valence-electron chi connectivity index (χ0n) is 9.36. The number of rotatable bonds is 1. The molecular formula is C12H21NO2.